The molecule has 2 fully saturated rings. The van der Waals surface area contributed by atoms with Crippen LogP contribution in [0.25, 0.3) is 0 Å². The maximum atomic E-state index is 12.8. The number of carbonyl (C=O) groups excluding carboxylic acids is 3. The third-order valence-corrected chi connectivity index (χ3v) is 6.52. The fraction of sp³-hybridized carbons (Fsp3) is 0.591. The summed E-state index contributed by atoms with van der Waals surface area (Å²) in [5, 5.41) is 2.34. The smallest absolute Gasteiger partial charge is 0.255 e. The average molecular weight is 399 g/mol. The van der Waals surface area contributed by atoms with E-state index in [1.54, 1.807) is 11.0 Å². The number of piperidine rings is 1. The fourth-order valence-corrected chi connectivity index (χ4v) is 4.75. The third kappa shape index (κ3) is 3.88. The van der Waals surface area contributed by atoms with E-state index in [-0.39, 0.29) is 30.2 Å². The van der Waals surface area contributed by atoms with Crippen LogP contribution in [0.5, 0.6) is 5.75 Å². The zero-order chi connectivity index (χ0) is 20.5. The maximum absolute atomic E-state index is 12.8. The molecule has 156 valence electrons. The van der Waals surface area contributed by atoms with E-state index in [0.29, 0.717) is 24.6 Å². The number of hydrogen-bond donors (Lipinski definition) is 1. The highest BCUT2D eigenvalue weighted by molar-refractivity contribution is 6.05. The number of fused-ring (bicyclic) bond motifs is 1. The monoisotopic (exact) mass is 399 g/mol. The van der Waals surface area contributed by atoms with Gasteiger partial charge in [0.15, 0.2) is 0 Å². The molecule has 29 heavy (non-hydrogen) atoms. The van der Waals surface area contributed by atoms with Crippen LogP contribution in [0.3, 0.4) is 0 Å². The molecule has 3 amide bonds. The van der Waals surface area contributed by atoms with E-state index in [9.17, 15) is 14.4 Å². The lowest BCUT2D eigenvalue weighted by Gasteiger charge is -2.37. The van der Waals surface area contributed by atoms with Crippen molar-refractivity contribution in [1.29, 1.82) is 0 Å². The Kier molecular flexibility index (Phi) is 5.58. The second-order valence-corrected chi connectivity index (χ2v) is 8.30. The molecule has 7 nitrogen and oxygen atoms in total. The molecule has 3 aliphatic rings. The standard InChI is InChI=1S/C22H29N3O4/c1-3-24(2)17-6-4-5-7-19(17)29-15-8-9-16-14(12-15)13-25(22(16)28)18-10-11-20(26)23-21(18)27/h8-9,12,17-19H,3-7,10-11,13H2,1-2H3,(H,23,26,27)/t17-,18?,19-/m0/s1. The predicted molar refractivity (Wildman–Crippen MR) is 107 cm³/mol. The van der Waals surface area contributed by atoms with Crippen molar-refractivity contribution >= 4 is 17.7 Å². The van der Waals surface area contributed by atoms with Gasteiger partial charge in [-0.3, -0.25) is 19.7 Å². The average Bonchev–Trinajstić information content (AvgIpc) is 3.03. The normalized spacial score (nSPS) is 27.2. The van der Waals surface area contributed by atoms with E-state index >= 15 is 0 Å². The van der Waals surface area contributed by atoms with Crippen molar-refractivity contribution < 1.29 is 19.1 Å². The third-order valence-electron chi connectivity index (χ3n) is 6.52. The lowest BCUT2D eigenvalue weighted by Crippen LogP contribution is -2.52. The quantitative estimate of drug-likeness (QED) is 0.767. The Morgan fingerprint density at radius 2 is 1.97 bits per heavy atom. The maximum Gasteiger partial charge on any atom is 0.255 e. The molecule has 1 saturated heterocycles. The number of hydrogen-bond acceptors (Lipinski definition) is 5. The number of carbonyl (C=O) groups is 3. The van der Waals surface area contributed by atoms with Gasteiger partial charge in [0.1, 0.15) is 17.9 Å². The summed E-state index contributed by atoms with van der Waals surface area (Å²) in [5.74, 6) is -0.0258. The largest absolute Gasteiger partial charge is 0.489 e. The molecule has 0 radical (unpaired) electrons. The molecule has 1 unspecified atom stereocenters. The number of rotatable bonds is 5. The van der Waals surface area contributed by atoms with Crippen molar-refractivity contribution in [2.45, 2.75) is 70.2 Å². The summed E-state index contributed by atoms with van der Waals surface area (Å²) < 4.78 is 6.37. The van der Waals surface area contributed by atoms with Crippen molar-refractivity contribution in [3.8, 4) is 5.75 Å². The van der Waals surface area contributed by atoms with Crippen LogP contribution >= 0.6 is 0 Å². The SMILES string of the molecule is CCN(C)[C@H]1CCCC[C@@H]1Oc1ccc2c(c1)CN(C1CCC(=O)NC1=O)C2=O. The molecule has 0 aromatic heterocycles. The molecule has 4 rings (SSSR count). The lowest BCUT2D eigenvalue weighted by molar-refractivity contribution is -0.136. The van der Waals surface area contributed by atoms with E-state index in [2.05, 4.69) is 24.2 Å². The predicted octanol–water partition coefficient (Wildman–Crippen LogP) is 2.09. The van der Waals surface area contributed by atoms with Gasteiger partial charge in [0.25, 0.3) is 5.91 Å². The Morgan fingerprint density at radius 1 is 1.17 bits per heavy atom. The van der Waals surface area contributed by atoms with E-state index in [4.69, 9.17) is 4.74 Å². The number of likely N-dealkylation sites (N-methyl/N-ethyl adjacent to an activating group) is 1. The number of ether oxygens (including phenoxy) is 1. The van der Waals surface area contributed by atoms with Gasteiger partial charge in [0.2, 0.25) is 11.8 Å². The zero-order valence-corrected chi connectivity index (χ0v) is 17.1. The van der Waals surface area contributed by atoms with Crippen LogP contribution in [0, 0.1) is 0 Å². The first-order valence-corrected chi connectivity index (χ1v) is 10.6. The van der Waals surface area contributed by atoms with Crippen LogP contribution in [0.4, 0.5) is 0 Å². The first kappa shape index (κ1) is 19.9. The first-order chi connectivity index (χ1) is 14.0. The minimum Gasteiger partial charge on any atom is -0.489 e. The summed E-state index contributed by atoms with van der Waals surface area (Å²) in [6, 6.07) is 5.43. The van der Waals surface area contributed by atoms with Gasteiger partial charge in [-0.25, -0.2) is 0 Å². The van der Waals surface area contributed by atoms with Gasteiger partial charge in [-0.1, -0.05) is 13.3 Å². The molecule has 1 N–H and O–H groups in total. The second kappa shape index (κ2) is 8.14. The lowest BCUT2D eigenvalue weighted by atomic mass is 9.91. The summed E-state index contributed by atoms with van der Waals surface area (Å²) >= 11 is 0. The van der Waals surface area contributed by atoms with Crippen molar-refractivity contribution in [3.05, 3.63) is 29.3 Å². The number of benzene rings is 1. The van der Waals surface area contributed by atoms with E-state index < -0.39 is 6.04 Å². The van der Waals surface area contributed by atoms with Crippen molar-refractivity contribution in [1.82, 2.24) is 15.1 Å². The van der Waals surface area contributed by atoms with Gasteiger partial charge in [-0.2, -0.15) is 0 Å². The van der Waals surface area contributed by atoms with Crippen LogP contribution in [0.15, 0.2) is 18.2 Å². The minimum atomic E-state index is -0.585. The molecule has 0 spiro atoms. The molecule has 1 aromatic rings. The minimum absolute atomic E-state index is 0.148. The van der Waals surface area contributed by atoms with Gasteiger partial charge < -0.3 is 14.5 Å². The molecule has 7 heteroatoms. The Morgan fingerprint density at radius 3 is 2.72 bits per heavy atom. The molecule has 2 aliphatic heterocycles. The van der Waals surface area contributed by atoms with Gasteiger partial charge in [-0.05, 0) is 63.0 Å². The molecule has 0 bridgehead atoms. The van der Waals surface area contributed by atoms with Crippen LogP contribution in [0.1, 0.15) is 61.4 Å². The van der Waals surface area contributed by atoms with Crippen LogP contribution in [0.2, 0.25) is 0 Å². The van der Waals surface area contributed by atoms with Gasteiger partial charge in [0.05, 0.1) is 0 Å². The van der Waals surface area contributed by atoms with E-state index in [0.717, 1.165) is 30.7 Å². The molecule has 1 aliphatic carbocycles. The van der Waals surface area contributed by atoms with Crippen molar-refractivity contribution in [2.24, 2.45) is 0 Å². The highest BCUT2D eigenvalue weighted by Gasteiger charge is 2.39. The summed E-state index contributed by atoms with van der Waals surface area (Å²) in [4.78, 5) is 40.3. The van der Waals surface area contributed by atoms with Gasteiger partial charge in [0, 0.05) is 24.6 Å². The molecule has 1 saturated carbocycles. The molecular weight excluding hydrogens is 370 g/mol. The topological polar surface area (TPSA) is 79.0 Å². The van der Waals surface area contributed by atoms with E-state index in [1.807, 2.05) is 12.1 Å². The number of nitrogens with zero attached hydrogens (tertiary/aromatic N) is 2. The second-order valence-electron chi connectivity index (χ2n) is 8.30. The molecule has 3 atom stereocenters. The summed E-state index contributed by atoms with van der Waals surface area (Å²) in [6.07, 6.45) is 5.37. The summed E-state index contributed by atoms with van der Waals surface area (Å²) in [7, 11) is 2.14. The van der Waals surface area contributed by atoms with E-state index in [1.165, 1.54) is 12.8 Å². The highest BCUT2D eigenvalue weighted by atomic mass is 16.5. The number of imide groups is 1. The Bertz CT molecular complexity index is 824. The van der Waals surface area contributed by atoms with Crippen LogP contribution in [-0.4, -0.2) is 59.3 Å². The molecule has 1 aromatic carbocycles. The van der Waals surface area contributed by atoms with Crippen LogP contribution in [-0.2, 0) is 16.1 Å². The number of nitrogens with one attached hydrogen (secondary N) is 1. The van der Waals surface area contributed by atoms with Gasteiger partial charge >= 0.3 is 0 Å². The molecular formula is C22H29N3O4. The van der Waals surface area contributed by atoms with Crippen molar-refractivity contribution in [2.75, 3.05) is 13.6 Å². The Balaban J connectivity index is 1.48. The Hall–Kier alpha value is -2.41. The Labute approximate surface area is 171 Å². The first-order valence-electron chi connectivity index (χ1n) is 10.6. The van der Waals surface area contributed by atoms with Crippen molar-refractivity contribution in [3.63, 3.8) is 0 Å². The summed E-state index contributed by atoms with van der Waals surface area (Å²) in [6.45, 7) is 3.53. The summed E-state index contributed by atoms with van der Waals surface area (Å²) in [5.41, 5.74) is 1.50. The fourth-order valence-electron chi connectivity index (χ4n) is 4.75. The number of amides is 3. The highest BCUT2D eigenvalue weighted by Crippen LogP contribution is 2.32. The van der Waals surface area contributed by atoms with Crippen LogP contribution < -0.4 is 10.1 Å². The zero-order valence-electron chi connectivity index (χ0n) is 17.1. The molecule has 2 heterocycles. The van der Waals surface area contributed by atoms with Gasteiger partial charge in [-0.15, -0.1) is 0 Å².